The Labute approximate surface area is 153 Å². The summed E-state index contributed by atoms with van der Waals surface area (Å²) in [6, 6.07) is 21.9. The molecular weight excluding hydrogens is 330 g/mol. The number of para-hydroxylation sites is 1. The molecule has 0 amide bonds. The van der Waals surface area contributed by atoms with Crippen LogP contribution >= 0.6 is 11.6 Å². The number of ether oxygens (including phenoxy) is 1. The lowest BCUT2D eigenvalue weighted by Crippen LogP contribution is -1.98. The van der Waals surface area contributed by atoms with E-state index in [2.05, 4.69) is 36.2 Å². The average Bonchev–Trinajstić information content (AvgIpc) is 2.63. The van der Waals surface area contributed by atoms with Crippen LogP contribution in [0.1, 0.15) is 22.3 Å². The Bertz CT molecular complexity index is 885. The van der Waals surface area contributed by atoms with Crippen molar-refractivity contribution in [3.05, 3.63) is 94.0 Å². The molecule has 0 atom stereocenters. The Balaban J connectivity index is 1.77. The third-order valence-electron chi connectivity index (χ3n) is 3.95. The number of benzene rings is 3. The largest absolute Gasteiger partial charge is 0.488 e. The van der Waals surface area contributed by atoms with Crippen molar-refractivity contribution in [2.75, 3.05) is 0 Å². The van der Waals surface area contributed by atoms with E-state index in [0.29, 0.717) is 11.6 Å². The second kappa shape index (κ2) is 8.00. The molecule has 0 spiro atoms. The van der Waals surface area contributed by atoms with E-state index in [1.165, 1.54) is 5.56 Å². The Morgan fingerprint density at radius 3 is 2.52 bits per heavy atom. The Morgan fingerprint density at radius 2 is 1.72 bits per heavy atom. The lowest BCUT2D eigenvalue weighted by Gasteiger charge is -2.09. The van der Waals surface area contributed by atoms with E-state index in [1.54, 1.807) is 0 Å². The summed E-state index contributed by atoms with van der Waals surface area (Å²) in [5.74, 6) is 0.812. The van der Waals surface area contributed by atoms with Gasteiger partial charge in [0.25, 0.3) is 0 Å². The van der Waals surface area contributed by atoms with Gasteiger partial charge in [0.05, 0.1) is 5.69 Å². The van der Waals surface area contributed by atoms with Gasteiger partial charge in [-0.1, -0.05) is 59.6 Å². The van der Waals surface area contributed by atoms with Crippen molar-refractivity contribution in [1.29, 1.82) is 0 Å². The van der Waals surface area contributed by atoms with E-state index < -0.39 is 0 Å². The normalized spacial score (nSPS) is 11.0. The van der Waals surface area contributed by atoms with Gasteiger partial charge in [0.2, 0.25) is 0 Å². The Morgan fingerprint density at radius 1 is 0.960 bits per heavy atom. The van der Waals surface area contributed by atoms with Gasteiger partial charge in [-0.3, -0.25) is 4.99 Å². The molecule has 0 aliphatic rings. The molecular formula is C22H20ClNO. The maximum Gasteiger partial charge on any atom is 0.128 e. The van der Waals surface area contributed by atoms with Crippen LogP contribution in [0.25, 0.3) is 0 Å². The fraction of sp³-hybridized carbons (Fsp3) is 0.136. The SMILES string of the molecule is Cc1ccc(COc2ccccc2C=Nc2cc(Cl)ccc2C)cc1. The minimum absolute atomic E-state index is 0.529. The highest BCUT2D eigenvalue weighted by Gasteiger charge is 2.03. The van der Waals surface area contributed by atoms with E-state index in [4.69, 9.17) is 16.3 Å². The molecule has 25 heavy (non-hydrogen) atoms. The van der Waals surface area contributed by atoms with Gasteiger partial charge in [0, 0.05) is 16.8 Å². The standard InChI is InChI=1S/C22H20ClNO/c1-16-7-10-18(11-8-16)15-25-22-6-4-3-5-19(22)14-24-21-13-20(23)12-9-17(21)2/h3-14H,15H2,1-2H3. The van der Waals surface area contributed by atoms with Crippen LogP contribution in [0, 0.1) is 13.8 Å². The summed E-state index contributed by atoms with van der Waals surface area (Å²) < 4.78 is 5.99. The lowest BCUT2D eigenvalue weighted by molar-refractivity contribution is 0.306. The second-order valence-electron chi connectivity index (χ2n) is 6.00. The van der Waals surface area contributed by atoms with Crippen molar-refractivity contribution in [2.45, 2.75) is 20.5 Å². The quantitative estimate of drug-likeness (QED) is 0.496. The molecule has 0 unspecified atom stereocenters. The first-order chi connectivity index (χ1) is 12.1. The van der Waals surface area contributed by atoms with E-state index in [0.717, 1.165) is 28.1 Å². The number of hydrogen-bond donors (Lipinski definition) is 0. The predicted molar refractivity (Wildman–Crippen MR) is 105 cm³/mol. The van der Waals surface area contributed by atoms with Crippen molar-refractivity contribution in [3.8, 4) is 5.75 Å². The molecule has 0 radical (unpaired) electrons. The molecule has 0 saturated carbocycles. The van der Waals surface area contributed by atoms with Crippen molar-refractivity contribution < 1.29 is 4.74 Å². The van der Waals surface area contributed by atoms with Gasteiger partial charge in [-0.25, -0.2) is 0 Å². The zero-order valence-electron chi connectivity index (χ0n) is 14.4. The highest BCUT2D eigenvalue weighted by atomic mass is 35.5. The van der Waals surface area contributed by atoms with Crippen LogP contribution in [-0.4, -0.2) is 6.21 Å². The minimum atomic E-state index is 0.529. The van der Waals surface area contributed by atoms with E-state index in [9.17, 15) is 0 Å². The third-order valence-corrected chi connectivity index (χ3v) is 4.18. The monoisotopic (exact) mass is 349 g/mol. The summed E-state index contributed by atoms with van der Waals surface area (Å²) in [6.45, 7) is 4.62. The molecule has 0 aliphatic carbocycles. The maximum atomic E-state index is 6.06. The second-order valence-corrected chi connectivity index (χ2v) is 6.44. The Hall–Kier alpha value is -2.58. The van der Waals surface area contributed by atoms with Gasteiger partial charge >= 0.3 is 0 Å². The average molecular weight is 350 g/mol. The number of aliphatic imine (C=N–C) groups is 1. The first kappa shape index (κ1) is 17.2. The van der Waals surface area contributed by atoms with E-state index >= 15 is 0 Å². The maximum absolute atomic E-state index is 6.06. The molecule has 0 N–H and O–H groups in total. The summed E-state index contributed by atoms with van der Waals surface area (Å²) in [7, 11) is 0. The van der Waals surface area contributed by atoms with Crippen LogP contribution in [0.2, 0.25) is 5.02 Å². The first-order valence-electron chi connectivity index (χ1n) is 8.19. The zero-order chi connectivity index (χ0) is 17.6. The van der Waals surface area contributed by atoms with Crippen LogP contribution in [0.5, 0.6) is 5.75 Å². The molecule has 0 fully saturated rings. The highest BCUT2D eigenvalue weighted by molar-refractivity contribution is 6.30. The highest BCUT2D eigenvalue weighted by Crippen LogP contribution is 2.24. The van der Waals surface area contributed by atoms with Gasteiger partial charge in [0.1, 0.15) is 12.4 Å². The molecule has 3 aromatic rings. The van der Waals surface area contributed by atoms with Crippen molar-refractivity contribution in [1.82, 2.24) is 0 Å². The van der Waals surface area contributed by atoms with Crippen LogP contribution in [0.3, 0.4) is 0 Å². The van der Waals surface area contributed by atoms with Gasteiger partial charge in [0.15, 0.2) is 0 Å². The van der Waals surface area contributed by atoms with Crippen LogP contribution in [-0.2, 0) is 6.61 Å². The predicted octanol–water partition coefficient (Wildman–Crippen LogP) is 6.29. The minimum Gasteiger partial charge on any atom is -0.488 e. The summed E-state index contributed by atoms with van der Waals surface area (Å²) >= 11 is 6.06. The van der Waals surface area contributed by atoms with Crippen LogP contribution in [0.15, 0.2) is 71.7 Å². The molecule has 126 valence electrons. The molecule has 0 saturated heterocycles. The summed E-state index contributed by atoms with van der Waals surface area (Å²) in [5, 5.41) is 0.682. The molecule has 3 aromatic carbocycles. The van der Waals surface area contributed by atoms with E-state index in [-0.39, 0.29) is 0 Å². The van der Waals surface area contributed by atoms with Crippen molar-refractivity contribution in [3.63, 3.8) is 0 Å². The van der Waals surface area contributed by atoms with E-state index in [1.807, 2.05) is 55.6 Å². The third kappa shape index (κ3) is 4.71. The fourth-order valence-electron chi connectivity index (χ4n) is 2.42. The topological polar surface area (TPSA) is 21.6 Å². The fourth-order valence-corrected chi connectivity index (χ4v) is 2.59. The zero-order valence-corrected chi connectivity index (χ0v) is 15.1. The van der Waals surface area contributed by atoms with Crippen molar-refractivity contribution in [2.24, 2.45) is 4.99 Å². The molecule has 3 heteroatoms. The number of nitrogens with zero attached hydrogens (tertiary/aromatic N) is 1. The molecule has 0 heterocycles. The molecule has 3 rings (SSSR count). The number of rotatable bonds is 5. The number of aryl methyl sites for hydroxylation is 2. The lowest BCUT2D eigenvalue weighted by atomic mass is 10.1. The van der Waals surface area contributed by atoms with Crippen LogP contribution in [0.4, 0.5) is 5.69 Å². The molecule has 0 aromatic heterocycles. The molecule has 2 nitrogen and oxygen atoms in total. The summed E-state index contributed by atoms with van der Waals surface area (Å²) in [4.78, 5) is 4.57. The van der Waals surface area contributed by atoms with Gasteiger partial charge in [-0.05, 0) is 49.2 Å². The molecule has 0 bridgehead atoms. The van der Waals surface area contributed by atoms with Crippen molar-refractivity contribution >= 4 is 23.5 Å². The Kier molecular flexibility index (Phi) is 5.52. The smallest absolute Gasteiger partial charge is 0.128 e. The number of halogens is 1. The number of hydrogen-bond acceptors (Lipinski definition) is 2. The summed E-state index contributed by atoms with van der Waals surface area (Å²) in [5.41, 5.74) is 5.27. The van der Waals surface area contributed by atoms with Gasteiger partial charge in [-0.2, -0.15) is 0 Å². The van der Waals surface area contributed by atoms with Crippen LogP contribution < -0.4 is 4.74 Å². The summed E-state index contributed by atoms with van der Waals surface area (Å²) in [6.07, 6.45) is 1.82. The van der Waals surface area contributed by atoms with Gasteiger partial charge in [-0.15, -0.1) is 0 Å². The molecule has 0 aliphatic heterocycles. The first-order valence-corrected chi connectivity index (χ1v) is 8.57. The van der Waals surface area contributed by atoms with Gasteiger partial charge < -0.3 is 4.74 Å².